The molecule has 1 aromatic carbocycles. The lowest BCUT2D eigenvalue weighted by atomic mass is 10.0. The molecule has 0 aliphatic carbocycles. The van der Waals surface area contributed by atoms with Gasteiger partial charge in [-0.25, -0.2) is 22.7 Å². The number of hydrogen-bond acceptors (Lipinski definition) is 4. The lowest BCUT2D eigenvalue weighted by Crippen LogP contribution is -2.06. The van der Waals surface area contributed by atoms with E-state index >= 15 is 0 Å². The molecule has 0 unspecified atom stereocenters. The predicted molar refractivity (Wildman–Crippen MR) is 93.4 cm³/mol. The molecule has 0 fully saturated rings. The number of fused-ring (bicyclic) bond motifs is 1. The number of hydrogen-bond donors (Lipinski definition) is 1. The highest BCUT2D eigenvalue weighted by Crippen LogP contribution is 2.34. The Morgan fingerprint density at radius 3 is 2.63 bits per heavy atom. The number of rotatable bonds is 4. The molecule has 3 aromatic heterocycles. The van der Waals surface area contributed by atoms with Crippen LogP contribution in [0, 0.1) is 5.82 Å². The van der Waals surface area contributed by atoms with Crippen LogP contribution in [-0.4, -0.2) is 24.4 Å². The first-order valence-electron chi connectivity index (χ1n) is 8.12. The van der Waals surface area contributed by atoms with Crippen LogP contribution in [0.2, 0.25) is 0 Å². The minimum atomic E-state index is -2.97. The average Bonchev–Trinajstić information content (AvgIpc) is 3.26. The maximum absolute atomic E-state index is 14.9. The fraction of sp³-hybridized carbons (Fsp3) is 0.167. The van der Waals surface area contributed by atoms with Crippen LogP contribution in [0.15, 0.2) is 43.1 Å². The number of aryl methyl sites for hydroxylation is 1. The third-order valence-corrected chi connectivity index (χ3v) is 4.41. The number of nitrogens with zero attached hydrogens (tertiary/aromatic N) is 5. The van der Waals surface area contributed by atoms with Crippen molar-refractivity contribution in [1.82, 2.24) is 24.4 Å². The van der Waals surface area contributed by atoms with Crippen LogP contribution in [0.1, 0.15) is 17.6 Å². The molecular weight excluding hydrogens is 357 g/mol. The van der Waals surface area contributed by atoms with E-state index in [1.807, 2.05) is 6.20 Å². The molecule has 0 saturated carbocycles. The molecule has 3 heterocycles. The highest BCUT2D eigenvalue weighted by molar-refractivity contribution is 5.82. The number of benzene rings is 1. The summed E-state index contributed by atoms with van der Waals surface area (Å²) in [7, 11) is 1.80. The second-order valence-electron chi connectivity index (χ2n) is 6.07. The molecule has 9 heteroatoms. The summed E-state index contributed by atoms with van der Waals surface area (Å²) < 4.78 is 44.8. The predicted octanol–water partition coefficient (Wildman–Crippen LogP) is 3.33. The van der Waals surface area contributed by atoms with Crippen molar-refractivity contribution in [2.45, 2.75) is 13.0 Å². The molecule has 0 spiro atoms. The standard InChI is InChI=1S/C18H15F3N6/c1-26-7-12(6-24-26)11-4-14-17(23-9-25-27(14)8-11)13-3-2-10(5-22)15(16(13)19)18(20)21/h2-4,6-9,18H,5,22H2,1H3. The van der Waals surface area contributed by atoms with Gasteiger partial charge in [0.1, 0.15) is 17.8 Å². The van der Waals surface area contributed by atoms with Gasteiger partial charge in [0.2, 0.25) is 0 Å². The van der Waals surface area contributed by atoms with Gasteiger partial charge in [-0.3, -0.25) is 4.68 Å². The summed E-state index contributed by atoms with van der Waals surface area (Å²) in [6.07, 6.45) is 3.55. The van der Waals surface area contributed by atoms with Crippen molar-refractivity contribution in [2.24, 2.45) is 12.8 Å². The molecule has 0 aliphatic heterocycles. The number of nitrogens with two attached hydrogens (primary N) is 1. The van der Waals surface area contributed by atoms with E-state index in [-0.39, 0.29) is 23.4 Å². The Morgan fingerprint density at radius 2 is 1.96 bits per heavy atom. The lowest BCUT2D eigenvalue weighted by Gasteiger charge is -2.12. The van der Waals surface area contributed by atoms with Crippen LogP contribution in [0.4, 0.5) is 13.2 Å². The first kappa shape index (κ1) is 17.2. The highest BCUT2D eigenvalue weighted by Gasteiger charge is 2.23. The quantitative estimate of drug-likeness (QED) is 0.596. The van der Waals surface area contributed by atoms with Crippen LogP contribution in [0.3, 0.4) is 0 Å². The summed E-state index contributed by atoms with van der Waals surface area (Å²) >= 11 is 0. The summed E-state index contributed by atoms with van der Waals surface area (Å²) in [5.41, 5.74) is 7.20. The monoisotopic (exact) mass is 372 g/mol. The SMILES string of the molecule is Cn1cc(-c2cc3c(-c4ccc(CN)c(C(F)F)c4F)ncnn3c2)cn1. The van der Waals surface area contributed by atoms with Gasteiger partial charge in [-0.2, -0.15) is 10.2 Å². The summed E-state index contributed by atoms with van der Waals surface area (Å²) in [5.74, 6) is -1.02. The summed E-state index contributed by atoms with van der Waals surface area (Å²) in [6.45, 7) is -0.174. The first-order valence-corrected chi connectivity index (χ1v) is 8.12. The Morgan fingerprint density at radius 1 is 1.15 bits per heavy atom. The normalized spacial score (nSPS) is 11.6. The van der Waals surface area contributed by atoms with Crippen LogP contribution >= 0.6 is 0 Å². The van der Waals surface area contributed by atoms with E-state index in [0.717, 1.165) is 11.1 Å². The van der Waals surface area contributed by atoms with Gasteiger partial charge in [-0.15, -0.1) is 0 Å². The Bertz CT molecular complexity index is 1130. The van der Waals surface area contributed by atoms with Gasteiger partial charge in [0, 0.05) is 42.7 Å². The van der Waals surface area contributed by atoms with Crippen molar-refractivity contribution in [3.05, 3.63) is 60.1 Å². The molecule has 0 atom stereocenters. The molecule has 0 amide bonds. The van der Waals surface area contributed by atoms with Crippen LogP contribution in [-0.2, 0) is 13.6 Å². The molecule has 0 saturated heterocycles. The minimum Gasteiger partial charge on any atom is -0.326 e. The van der Waals surface area contributed by atoms with Crippen molar-refractivity contribution in [3.8, 4) is 22.4 Å². The molecule has 0 aliphatic rings. The molecule has 4 aromatic rings. The van der Waals surface area contributed by atoms with Crippen LogP contribution in [0.5, 0.6) is 0 Å². The largest absolute Gasteiger partial charge is 0.326 e. The van der Waals surface area contributed by atoms with Crippen molar-refractivity contribution in [1.29, 1.82) is 0 Å². The van der Waals surface area contributed by atoms with Crippen molar-refractivity contribution < 1.29 is 13.2 Å². The molecular formula is C18H15F3N6. The van der Waals surface area contributed by atoms with Crippen molar-refractivity contribution >= 4 is 5.52 Å². The van der Waals surface area contributed by atoms with Crippen LogP contribution in [0.25, 0.3) is 27.9 Å². The molecule has 6 nitrogen and oxygen atoms in total. The topological polar surface area (TPSA) is 74.0 Å². The molecule has 138 valence electrons. The molecule has 2 N–H and O–H groups in total. The summed E-state index contributed by atoms with van der Waals surface area (Å²) in [6, 6.07) is 4.59. The van der Waals surface area contributed by atoms with Gasteiger partial charge in [0.25, 0.3) is 6.43 Å². The molecule has 0 radical (unpaired) electrons. The van der Waals surface area contributed by atoms with Crippen molar-refractivity contribution in [3.63, 3.8) is 0 Å². The number of halogens is 3. The number of alkyl halides is 2. The second-order valence-corrected chi connectivity index (χ2v) is 6.07. The van der Waals surface area contributed by atoms with Gasteiger partial charge in [-0.05, 0) is 17.7 Å². The molecule has 27 heavy (non-hydrogen) atoms. The second kappa shape index (κ2) is 6.51. The third-order valence-electron chi connectivity index (χ3n) is 4.41. The Kier molecular flexibility index (Phi) is 4.15. The lowest BCUT2D eigenvalue weighted by molar-refractivity contribution is 0.145. The van der Waals surface area contributed by atoms with E-state index in [2.05, 4.69) is 15.2 Å². The van der Waals surface area contributed by atoms with E-state index in [9.17, 15) is 13.2 Å². The van der Waals surface area contributed by atoms with E-state index in [4.69, 9.17) is 5.73 Å². The number of aromatic nitrogens is 5. The van der Waals surface area contributed by atoms with Gasteiger partial charge in [-0.1, -0.05) is 6.07 Å². The minimum absolute atomic E-state index is 0.0225. The van der Waals surface area contributed by atoms with Gasteiger partial charge in [0.15, 0.2) is 0 Å². The fourth-order valence-electron chi connectivity index (χ4n) is 3.10. The zero-order valence-corrected chi connectivity index (χ0v) is 14.3. The first-order chi connectivity index (χ1) is 13.0. The van der Waals surface area contributed by atoms with Crippen LogP contribution < -0.4 is 5.73 Å². The third kappa shape index (κ3) is 2.85. The Balaban J connectivity index is 1.92. The van der Waals surface area contributed by atoms with E-state index in [1.165, 1.54) is 23.0 Å². The zero-order valence-electron chi connectivity index (χ0n) is 14.3. The maximum Gasteiger partial charge on any atom is 0.267 e. The van der Waals surface area contributed by atoms with Gasteiger partial charge in [0.05, 0.1) is 17.3 Å². The smallest absolute Gasteiger partial charge is 0.267 e. The fourth-order valence-corrected chi connectivity index (χ4v) is 3.10. The zero-order chi connectivity index (χ0) is 19.1. The van der Waals surface area contributed by atoms with Crippen molar-refractivity contribution in [2.75, 3.05) is 0 Å². The van der Waals surface area contributed by atoms with Gasteiger partial charge >= 0.3 is 0 Å². The Hall–Kier alpha value is -3.20. The summed E-state index contributed by atoms with van der Waals surface area (Å²) in [4.78, 5) is 4.14. The van der Waals surface area contributed by atoms with E-state index in [0.29, 0.717) is 5.52 Å². The average molecular weight is 372 g/mol. The van der Waals surface area contributed by atoms with E-state index < -0.39 is 17.8 Å². The molecule has 0 bridgehead atoms. The van der Waals surface area contributed by atoms with E-state index in [1.54, 1.807) is 30.2 Å². The summed E-state index contributed by atoms with van der Waals surface area (Å²) in [5, 5.41) is 8.25. The van der Waals surface area contributed by atoms with Gasteiger partial charge < -0.3 is 5.73 Å². The molecule has 4 rings (SSSR count). The highest BCUT2D eigenvalue weighted by atomic mass is 19.3. The Labute approximate surface area is 152 Å². The maximum atomic E-state index is 14.9.